The minimum absolute atomic E-state index is 1.17. The number of rotatable bonds is 5. The van der Waals surface area contributed by atoms with E-state index < -0.39 is 16.1 Å². The monoisotopic (exact) mass is 711 g/mol. The first-order valence-corrected chi connectivity index (χ1v) is 24.8. The molecule has 0 unspecified atom stereocenters. The van der Waals surface area contributed by atoms with Crippen LogP contribution in [0.2, 0.25) is 26.2 Å². The number of benzene rings is 8. The quantitative estimate of drug-likeness (QED) is 0.161. The van der Waals surface area contributed by atoms with Crippen LogP contribution < -0.4 is 25.6 Å². The summed E-state index contributed by atoms with van der Waals surface area (Å²) in [5.41, 5.74) is 14.2. The highest BCUT2D eigenvalue weighted by atomic mass is 28.3. The molecule has 0 fully saturated rings. The second-order valence-corrected chi connectivity index (χ2v) is 24.4. The maximum Gasteiger partial charge on any atom is 0.113 e. The Morgan fingerprint density at radius 3 is 1.53 bits per heavy atom. The fourth-order valence-electron chi connectivity index (χ4n) is 9.39. The Bertz CT molecular complexity index is 2730. The van der Waals surface area contributed by atoms with E-state index >= 15 is 0 Å². The van der Waals surface area contributed by atoms with Crippen LogP contribution >= 0.6 is 0 Å². The van der Waals surface area contributed by atoms with Gasteiger partial charge in [0.15, 0.2) is 0 Å². The molecule has 0 radical (unpaired) electrons. The van der Waals surface area contributed by atoms with E-state index in [4.69, 9.17) is 0 Å². The minimum Gasteiger partial charge on any atom is -0.310 e. The molecular formula is C50H41NSi2. The van der Waals surface area contributed by atoms with Crippen LogP contribution in [0.3, 0.4) is 0 Å². The minimum atomic E-state index is -1.89. The van der Waals surface area contributed by atoms with Crippen molar-refractivity contribution >= 4 is 64.7 Å². The van der Waals surface area contributed by atoms with Crippen molar-refractivity contribution in [1.29, 1.82) is 0 Å². The fraction of sp³-hybridized carbons (Fsp3) is 0.0800. The third-order valence-electron chi connectivity index (χ3n) is 12.1. The second kappa shape index (κ2) is 11.9. The maximum atomic E-state index is 2.54. The van der Waals surface area contributed by atoms with E-state index in [-0.39, 0.29) is 0 Å². The lowest BCUT2D eigenvalue weighted by Crippen LogP contribution is -2.49. The molecule has 3 heteroatoms. The zero-order valence-corrected chi connectivity index (χ0v) is 32.7. The molecule has 2 aliphatic heterocycles. The second-order valence-electron chi connectivity index (χ2n) is 15.7. The Balaban J connectivity index is 1.15. The highest BCUT2D eigenvalue weighted by Gasteiger charge is 2.40. The van der Waals surface area contributed by atoms with Gasteiger partial charge in [0.25, 0.3) is 0 Å². The summed E-state index contributed by atoms with van der Waals surface area (Å²) in [6.45, 7) is 10.0. The van der Waals surface area contributed by atoms with E-state index in [0.717, 1.165) is 0 Å². The van der Waals surface area contributed by atoms with Gasteiger partial charge in [-0.1, -0.05) is 172 Å². The molecule has 2 aliphatic rings. The topological polar surface area (TPSA) is 3.24 Å². The number of hydrogen-bond acceptors (Lipinski definition) is 1. The predicted octanol–water partition coefficient (Wildman–Crippen LogP) is 11.2. The molecule has 8 aromatic rings. The molecule has 0 saturated heterocycles. The average molecular weight is 712 g/mol. The third-order valence-corrected chi connectivity index (χ3v) is 19.2. The molecule has 0 spiro atoms. The summed E-state index contributed by atoms with van der Waals surface area (Å²) in [5.74, 6) is 0. The molecule has 2 heterocycles. The van der Waals surface area contributed by atoms with Gasteiger partial charge < -0.3 is 4.90 Å². The number of hydrogen-bond donors (Lipinski definition) is 0. The lowest BCUT2D eigenvalue weighted by atomic mass is 9.92. The van der Waals surface area contributed by atoms with Crippen LogP contribution in [-0.4, -0.2) is 16.1 Å². The van der Waals surface area contributed by atoms with Gasteiger partial charge >= 0.3 is 0 Å². The van der Waals surface area contributed by atoms with Crippen molar-refractivity contribution in [2.45, 2.75) is 26.2 Å². The smallest absolute Gasteiger partial charge is 0.113 e. The molecule has 0 amide bonds. The zero-order valence-electron chi connectivity index (χ0n) is 30.7. The Morgan fingerprint density at radius 2 is 0.830 bits per heavy atom. The van der Waals surface area contributed by atoms with Gasteiger partial charge in [0, 0.05) is 16.9 Å². The van der Waals surface area contributed by atoms with Crippen LogP contribution in [0, 0.1) is 0 Å². The van der Waals surface area contributed by atoms with E-state index in [1.54, 1.807) is 0 Å². The van der Waals surface area contributed by atoms with Crippen molar-refractivity contribution in [2.75, 3.05) is 4.90 Å². The molecule has 0 saturated carbocycles. The summed E-state index contributed by atoms with van der Waals surface area (Å²) in [6.07, 6.45) is 0. The van der Waals surface area contributed by atoms with E-state index in [1.165, 1.54) is 93.1 Å². The van der Waals surface area contributed by atoms with Gasteiger partial charge in [0.1, 0.15) is 16.1 Å². The van der Waals surface area contributed by atoms with E-state index in [2.05, 4.69) is 207 Å². The van der Waals surface area contributed by atoms with Crippen molar-refractivity contribution in [3.8, 4) is 44.5 Å². The van der Waals surface area contributed by atoms with Gasteiger partial charge in [-0.25, -0.2) is 0 Å². The highest BCUT2D eigenvalue weighted by Crippen LogP contribution is 2.44. The number of fused-ring (bicyclic) bond motifs is 7. The summed E-state index contributed by atoms with van der Waals surface area (Å²) in [6, 6.07) is 66.0. The van der Waals surface area contributed by atoms with Crippen molar-refractivity contribution in [3.63, 3.8) is 0 Å². The van der Waals surface area contributed by atoms with E-state index in [1.807, 2.05) is 0 Å². The van der Waals surface area contributed by atoms with Gasteiger partial charge in [-0.3, -0.25) is 0 Å². The molecule has 0 bridgehead atoms. The van der Waals surface area contributed by atoms with Crippen molar-refractivity contribution in [1.82, 2.24) is 0 Å². The molecule has 254 valence electrons. The standard InChI is InChI=1S/C50H41NSi2/c1-52(2)47-23-13-11-20-44(47)50-45(21-14-24-48(50)52)51(37-29-30-43-42-19-10-12-22-46(42)53(3,4)49(43)33-37)36-27-25-35(26-28-36)39-32-31-38(34-15-6-5-7-16-34)40-17-8-9-18-41(39)40/h5-33H,1-4H3. The Kier molecular flexibility index (Phi) is 7.17. The average Bonchev–Trinajstić information content (AvgIpc) is 3.58. The van der Waals surface area contributed by atoms with Crippen molar-refractivity contribution < 1.29 is 0 Å². The Morgan fingerprint density at radius 1 is 0.340 bits per heavy atom. The zero-order chi connectivity index (χ0) is 35.9. The van der Waals surface area contributed by atoms with Crippen LogP contribution in [0.1, 0.15) is 0 Å². The molecule has 8 aromatic carbocycles. The van der Waals surface area contributed by atoms with Crippen LogP contribution in [-0.2, 0) is 0 Å². The first kappa shape index (κ1) is 31.9. The molecular weight excluding hydrogens is 671 g/mol. The maximum absolute atomic E-state index is 2.54. The number of nitrogens with zero attached hydrogens (tertiary/aromatic N) is 1. The van der Waals surface area contributed by atoms with Gasteiger partial charge in [-0.2, -0.15) is 0 Å². The molecule has 0 aliphatic carbocycles. The largest absolute Gasteiger partial charge is 0.310 e. The van der Waals surface area contributed by atoms with Crippen LogP contribution in [0.25, 0.3) is 55.3 Å². The van der Waals surface area contributed by atoms with Crippen LogP contribution in [0.4, 0.5) is 17.1 Å². The van der Waals surface area contributed by atoms with Gasteiger partial charge in [0.05, 0.1) is 5.69 Å². The lowest BCUT2D eigenvalue weighted by Gasteiger charge is -2.30. The summed E-state index contributed by atoms with van der Waals surface area (Å²) in [5, 5.41) is 8.65. The van der Waals surface area contributed by atoms with Crippen molar-refractivity contribution in [3.05, 3.63) is 176 Å². The fourth-order valence-corrected chi connectivity index (χ4v) is 15.6. The van der Waals surface area contributed by atoms with Gasteiger partial charge in [-0.05, 0) is 101 Å². The lowest BCUT2D eigenvalue weighted by molar-refractivity contribution is 1.29. The molecule has 10 rings (SSSR count). The van der Waals surface area contributed by atoms with E-state index in [0.29, 0.717) is 0 Å². The number of anilines is 3. The molecule has 53 heavy (non-hydrogen) atoms. The van der Waals surface area contributed by atoms with Crippen LogP contribution in [0.15, 0.2) is 176 Å². The van der Waals surface area contributed by atoms with Gasteiger partial charge in [0.2, 0.25) is 0 Å². The van der Waals surface area contributed by atoms with Crippen molar-refractivity contribution in [2.24, 2.45) is 0 Å². The summed E-state index contributed by atoms with van der Waals surface area (Å²) < 4.78 is 0. The molecule has 0 aromatic heterocycles. The normalized spacial score (nSPS) is 14.3. The third kappa shape index (κ3) is 4.81. The first-order chi connectivity index (χ1) is 25.8. The Labute approximate surface area is 314 Å². The molecule has 1 nitrogen and oxygen atoms in total. The van der Waals surface area contributed by atoms with Gasteiger partial charge in [-0.15, -0.1) is 0 Å². The first-order valence-electron chi connectivity index (χ1n) is 18.8. The Hall–Kier alpha value is -5.75. The molecule has 0 N–H and O–H groups in total. The SMILES string of the molecule is C[Si]1(C)c2ccccc2-c2ccc(N(c3ccc(-c4ccc(-c5ccccc5)c5ccccc45)cc3)c3cccc4c3-c3ccccc3[Si]4(C)C)cc21. The summed E-state index contributed by atoms with van der Waals surface area (Å²) in [4.78, 5) is 2.54. The summed E-state index contributed by atoms with van der Waals surface area (Å²) in [7, 11) is -3.76. The molecule has 0 atom stereocenters. The van der Waals surface area contributed by atoms with Crippen LogP contribution in [0.5, 0.6) is 0 Å². The predicted molar refractivity (Wildman–Crippen MR) is 234 cm³/mol. The van der Waals surface area contributed by atoms with E-state index in [9.17, 15) is 0 Å². The highest BCUT2D eigenvalue weighted by molar-refractivity contribution is 7.04. The summed E-state index contributed by atoms with van der Waals surface area (Å²) >= 11 is 0.